The molecule has 360 valence electrons. The molecule has 0 amide bonds. The quantitative estimate of drug-likeness (QED) is 0.171. The van der Waals surface area contributed by atoms with Crippen LogP contribution in [0.5, 0.6) is 0 Å². The smallest absolute Gasteiger partial charge is 0.226 e. The van der Waals surface area contributed by atoms with E-state index >= 15 is 0 Å². The van der Waals surface area contributed by atoms with Gasteiger partial charge >= 0.3 is 0 Å². The summed E-state index contributed by atoms with van der Waals surface area (Å²) >= 11 is 6.70. The van der Waals surface area contributed by atoms with Crippen LogP contribution in [0, 0.1) is 0 Å². The molecule has 0 unspecified atom stereocenters. The highest BCUT2D eigenvalue weighted by Gasteiger charge is 2.21. The summed E-state index contributed by atoms with van der Waals surface area (Å²) in [7, 11) is 0. The molecule has 0 radical (unpaired) electrons. The Kier molecular flexibility index (Phi) is 9.55. The number of H-pyrrole nitrogens is 1. The molecule has 77 heavy (non-hydrogen) atoms. The van der Waals surface area contributed by atoms with Gasteiger partial charge in [0.15, 0.2) is 11.6 Å². The third-order valence-corrected chi connectivity index (χ3v) is 15.4. The highest BCUT2D eigenvalue weighted by molar-refractivity contribution is 6.28. The second-order valence-corrected chi connectivity index (χ2v) is 20.0. The molecule has 0 saturated heterocycles. The van der Waals surface area contributed by atoms with Crippen LogP contribution < -0.4 is 0 Å². The number of fused-ring (bicyclic) bond motifs is 12. The van der Waals surface area contributed by atoms with Gasteiger partial charge in [-0.3, -0.25) is 0 Å². The monoisotopic (exact) mass is 1010 g/mol. The lowest BCUT2D eigenvalue weighted by molar-refractivity contribution is 0.669. The Hall–Kier alpha value is -10.1. The van der Waals surface area contributed by atoms with Crippen LogP contribution in [-0.2, 0) is 0 Å². The normalized spacial score (nSPS) is 12.0. The maximum Gasteiger partial charge on any atom is 0.226 e. The fourth-order valence-electron chi connectivity index (χ4n) is 11.6. The molecule has 5 heterocycles. The van der Waals surface area contributed by atoms with Gasteiger partial charge in [-0.15, -0.1) is 0 Å². The molecule has 16 rings (SSSR count). The summed E-state index contributed by atoms with van der Waals surface area (Å²) in [5.41, 5.74) is 19.2. The lowest BCUT2D eigenvalue weighted by Gasteiger charge is -2.12. The van der Waals surface area contributed by atoms with Crippen molar-refractivity contribution >= 4 is 99.2 Å². The van der Waals surface area contributed by atoms with Gasteiger partial charge in [-0.2, -0.15) is 9.97 Å². The predicted octanol–water partition coefficient (Wildman–Crippen LogP) is 19.5. The molecular weight excluding hydrogens is 968 g/mol. The first kappa shape index (κ1) is 43.3. The van der Waals surface area contributed by atoms with Gasteiger partial charge in [-0.1, -0.05) is 164 Å². The maximum atomic E-state index is 7.01. The molecule has 16 aromatic rings. The minimum absolute atomic E-state index is 0.102. The van der Waals surface area contributed by atoms with Gasteiger partial charge in [-0.25, -0.2) is 4.98 Å². The van der Waals surface area contributed by atoms with E-state index in [2.05, 4.69) is 179 Å². The van der Waals surface area contributed by atoms with Crippen LogP contribution in [-0.4, -0.2) is 19.9 Å². The Morgan fingerprint density at radius 1 is 0.286 bits per heavy atom. The van der Waals surface area contributed by atoms with Gasteiger partial charge in [-0.05, 0) is 117 Å². The summed E-state index contributed by atoms with van der Waals surface area (Å²) in [6.07, 6.45) is 0. The summed E-state index contributed by atoms with van der Waals surface area (Å²) in [4.78, 5) is 18.1. The van der Waals surface area contributed by atoms with Gasteiger partial charge in [0.2, 0.25) is 5.28 Å². The zero-order chi connectivity index (χ0) is 50.7. The number of rotatable bonds is 7. The number of aromatic amines is 1. The molecule has 7 nitrogen and oxygen atoms in total. The topological polar surface area (TPSA) is 93.9 Å². The molecule has 0 bridgehead atoms. The Morgan fingerprint density at radius 2 is 0.792 bits per heavy atom. The third kappa shape index (κ3) is 7.02. The van der Waals surface area contributed by atoms with E-state index in [1.807, 2.05) is 66.7 Å². The number of nitrogens with zero attached hydrogens (tertiary/aromatic N) is 3. The van der Waals surface area contributed by atoms with Crippen LogP contribution in [0.4, 0.5) is 0 Å². The largest absolute Gasteiger partial charge is 0.456 e. The van der Waals surface area contributed by atoms with Crippen molar-refractivity contribution in [2.45, 2.75) is 0 Å². The molecule has 0 aliphatic carbocycles. The van der Waals surface area contributed by atoms with E-state index < -0.39 is 0 Å². The second-order valence-electron chi connectivity index (χ2n) is 19.7. The number of halogens is 1. The van der Waals surface area contributed by atoms with Crippen molar-refractivity contribution in [1.29, 1.82) is 0 Å². The number of aromatic nitrogens is 4. The molecule has 0 fully saturated rings. The summed E-state index contributed by atoms with van der Waals surface area (Å²) in [6.45, 7) is 0. The van der Waals surface area contributed by atoms with Crippen LogP contribution in [0.15, 0.2) is 244 Å². The number of hydrogen-bond donors (Lipinski definition) is 1. The number of hydrogen-bond acceptors (Lipinski definition) is 6. The van der Waals surface area contributed by atoms with Crippen molar-refractivity contribution < 1.29 is 13.3 Å². The SMILES string of the molecule is Clc1nc(-c2ccc3c(c2)oc2ccccc23)nc(-c2ccccc2-c2ccc3c(c2)oc2c(-c4cc(-c5ccccc5)cc(-c5cccc6c5[nH]c5ccc(-c7cccc8c7oc7ccccc78)cc56)c4)cccc23)n1. The Labute approximate surface area is 444 Å². The number of nitrogens with one attached hydrogen (secondary N) is 1. The van der Waals surface area contributed by atoms with E-state index in [-0.39, 0.29) is 5.28 Å². The van der Waals surface area contributed by atoms with Crippen LogP contribution in [0.3, 0.4) is 0 Å². The van der Waals surface area contributed by atoms with Crippen LogP contribution in [0.2, 0.25) is 5.28 Å². The van der Waals surface area contributed by atoms with Gasteiger partial charge in [0, 0.05) is 76.4 Å². The number of para-hydroxylation sites is 5. The molecule has 5 aromatic heterocycles. The van der Waals surface area contributed by atoms with Gasteiger partial charge in [0.25, 0.3) is 0 Å². The zero-order valence-electron chi connectivity index (χ0n) is 40.9. The first-order chi connectivity index (χ1) is 38.0. The van der Waals surface area contributed by atoms with Gasteiger partial charge in [0.1, 0.15) is 33.5 Å². The van der Waals surface area contributed by atoms with Crippen molar-refractivity contribution in [3.8, 4) is 78.4 Å². The van der Waals surface area contributed by atoms with E-state index in [1.54, 1.807) is 0 Å². The lowest BCUT2D eigenvalue weighted by Crippen LogP contribution is -1.98. The highest BCUT2D eigenvalue weighted by Crippen LogP contribution is 2.44. The van der Waals surface area contributed by atoms with E-state index in [9.17, 15) is 0 Å². The third-order valence-electron chi connectivity index (χ3n) is 15.2. The molecule has 0 atom stereocenters. The maximum absolute atomic E-state index is 7.01. The summed E-state index contributed by atoms with van der Waals surface area (Å²) in [5.74, 6) is 0.920. The van der Waals surface area contributed by atoms with Crippen LogP contribution >= 0.6 is 11.6 Å². The molecule has 1 N–H and O–H groups in total. The Balaban J connectivity index is 0.795. The van der Waals surface area contributed by atoms with Crippen molar-refractivity contribution in [2.75, 3.05) is 0 Å². The molecule has 0 saturated carbocycles. The first-order valence-electron chi connectivity index (χ1n) is 25.6. The average molecular weight is 1010 g/mol. The first-order valence-corrected chi connectivity index (χ1v) is 26.0. The van der Waals surface area contributed by atoms with E-state index in [0.29, 0.717) is 11.6 Å². The Bertz CT molecular complexity index is 5080. The fraction of sp³-hybridized carbons (Fsp3) is 0. The van der Waals surface area contributed by atoms with Crippen molar-refractivity contribution in [3.63, 3.8) is 0 Å². The fourth-order valence-corrected chi connectivity index (χ4v) is 11.8. The molecule has 0 spiro atoms. The van der Waals surface area contributed by atoms with E-state index in [1.165, 1.54) is 0 Å². The molecule has 0 aliphatic rings. The molecule has 8 heteroatoms. The Morgan fingerprint density at radius 3 is 1.58 bits per heavy atom. The van der Waals surface area contributed by atoms with E-state index in [0.717, 1.165) is 154 Å². The minimum Gasteiger partial charge on any atom is -0.456 e. The predicted molar refractivity (Wildman–Crippen MR) is 314 cm³/mol. The molecule has 0 aliphatic heterocycles. The van der Waals surface area contributed by atoms with Crippen molar-refractivity contribution in [3.05, 3.63) is 236 Å². The van der Waals surface area contributed by atoms with Gasteiger partial charge < -0.3 is 18.2 Å². The number of benzene rings is 11. The molecular formula is C69H39ClN4O3. The molecule has 11 aromatic carbocycles. The lowest BCUT2D eigenvalue weighted by atomic mass is 9.92. The van der Waals surface area contributed by atoms with Crippen molar-refractivity contribution in [2.24, 2.45) is 0 Å². The average Bonchev–Trinajstić information content (AvgIpc) is 4.33. The van der Waals surface area contributed by atoms with Gasteiger partial charge in [0.05, 0.1) is 5.52 Å². The van der Waals surface area contributed by atoms with Crippen molar-refractivity contribution in [1.82, 2.24) is 19.9 Å². The minimum atomic E-state index is 0.102. The number of furan rings is 3. The summed E-state index contributed by atoms with van der Waals surface area (Å²) in [5, 5.41) is 8.78. The summed E-state index contributed by atoms with van der Waals surface area (Å²) in [6, 6.07) is 80.4. The summed E-state index contributed by atoms with van der Waals surface area (Å²) < 4.78 is 19.7. The van der Waals surface area contributed by atoms with Crippen LogP contribution in [0.25, 0.3) is 166 Å². The zero-order valence-corrected chi connectivity index (χ0v) is 41.6. The van der Waals surface area contributed by atoms with E-state index in [4.69, 9.17) is 29.8 Å². The second kappa shape index (κ2) is 17.0. The van der Waals surface area contributed by atoms with Crippen LogP contribution in [0.1, 0.15) is 0 Å². The highest BCUT2D eigenvalue weighted by atomic mass is 35.5. The standard InChI is InChI=1S/C69H39ClN4O3/c70-69-73-67(42-28-31-52-50-16-6-8-25-60(50)75-62(52)38-42)72-68(74-69)57-18-5-4-15-46(57)41-27-30-53-56-24-12-21-49(66(56)77-63(53)37-41)45-34-43(39-13-2-1-3-14-39)33-44(35-45)47-19-10-22-54-58-36-40(29-32-59(58)71-64(47)54)48-20-11-23-55-51-17-7-9-26-61(51)76-65(48)55/h1-38,71H.